The van der Waals surface area contributed by atoms with Crippen LogP contribution in [0.4, 0.5) is 4.39 Å². The molecule has 1 heterocycles. The number of hydrogen-bond acceptors (Lipinski definition) is 1. The number of nitrogens with one attached hydrogen (secondary N) is 1. The molecule has 0 radical (unpaired) electrons. The Morgan fingerprint density at radius 3 is 2.44 bits per heavy atom. The molecule has 0 aliphatic carbocycles. The van der Waals surface area contributed by atoms with E-state index in [-0.39, 0.29) is 16.4 Å². The van der Waals surface area contributed by atoms with Gasteiger partial charge >= 0.3 is 0 Å². The SMILES string of the molecule is Cc1[nH]c(C(=O)c2cccc(Cl)c2F)c(C)c1C. The maximum Gasteiger partial charge on any atom is 0.212 e. The normalized spacial score (nSPS) is 10.7. The quantitative estimate of drug-likeness (QED) is 0.819. The van der Waals surface area contributed by atoms with Gasteiger partial charge in [0.15, 0.2) is 5.82 Å². The number of aryl methyl sites for hydroxylation is 1. The summed E-state index contributed by atoms with van der Waals surface area (Å²) in [4.78, 5) is 15.3. The van der Waals surface area contributed by atoms with Crippen LogP contribution in [-0.2, 0) is 0 Å². The molecule has 94 valence electrons. The molecule has 0 fully saturated rings. The lowest BCUT2D eigenvalue weighted by Gasteiger charge is -2.03. The molecule has 0 amide bonds. The van der Waals surface area contributed by atoms with Gasteiger partial charge in [-0.2, -0.15) is 0 Å². The molecule has 0 spiro atoms. The third-order valence-electron chi connectivity index (χ3n) is 3.24. The van der Waals surface area contributed by atoms with Gasteiger partial charge in [-0.05, 0) is 44.0 Å². The van der Waals surface area contributed by atoms with Crippen LogP contribution < -0.4 is 0 Å². The zero-order valence-electron chi connectivity index (χ0n) is 10.4. The van der Waals surface area contributed by atoms with E-state index in [0.29, 0.717) is 5.69 Å². The van der Waals surface area contributed by atoms with E-state index in [9.17, 15) is 9.18 Å². The molecule has 1 aromatic carbocycles. The van der Waals surface area contributed by atoms with Crippen molar-refractivity contribution in [2.45, 2.75) is 20.8 Å². The van der Waals surface area contributed by atoms with Gasteiger partial charge in [0.25, 0.3) is 0 Å². The Bertz CT molecular complexity index is 631. The van der Waals surface area contributed by atoms with Crippen LogP contribution in [0.5, 0.6) is 0 Å². The van der Waals surface area contributed by atoms with Crippen molar-refractivity contribution >= 4 is 17.4 Å². The summed E-state index contributed by atoms with van der Waals surface area (Å²) in [6.07, 6.45) is 0. The van der Waals surface area contributed by atoms with Gasteiger partial charge in [-0.1, -0.05) is 17.7 Å². The van der Waals surface area contributed by atoms with E-state index in [0.717, 1.165) is 16.8 Å². The van der Waals surface area contributed by atoms with Crippen molar-refractivity contribution in [3.05, 3.63) is 57.1 Å². The Hall–Kier alpha value is -1.61. The maximum absolute atomic E-state index is 13.8. The second-order valence-corrected chi connectivity index (χ2v) is 4.71. The molecule has 1 aromatic heterocycles. The lowest BCUT2D eigenvalue weighted by molar-refractivity contribution is 0.103. The van der Waals surface area contributed by atoms with Crippen LogP contribution in [0.2, 0.25) is 5.02 Å². The number of ketones is 1. The van der Waals surface area contributed by atoms with E-state index in [4.69, 9.17) is 11.6 Å². The van der Waals surface area contributed by atoms with Crippen molar-refractivity contribution in [1.29, 1.82) is 0 Å². The summed E-state index contributed by atoms with van der Waals surface area (Å²) in [6, 6.07) is 4.43. The van der Waals surface area contributed by atoms with Crippen LogP contribution in [-0.4, -0.2) is 10.8 Å². The van der Waals surface area contributed by atoms with Gasteiger partial charge in [-0.25, -0.2) is 4.39 Å². The summed E-state index contributed by atoms with van der Waals surface area (Å²) in [7, 11) is 0. The first-order valence-electron chi connectivity index (χ1n) is 5.58. The first-order valence-corrected chi connectivity index (χ1v) is 5.95. The smallest absolute Gasteiger partial charge is 0.212 e. The molecule has 2 rings (SSSR count). The lowest BCUT2D eigenvalue weighted by atomic mass is 10.0. The van der Waals surface area contributed by atoms with Gasteiger partial charge in [0, 0.05) is 5.69 Å². The molecular formula is C14H13ClFNO. The molecule has 0 aliphatic rings. The van der Waals surface area contributed by atoms with Crippen molar-refractivity contribution in [2.24, 2.45) is 0 Å². The van der Waals surface area contributed by atoms with Crippen LogP contribution in [0, 0.1) is 26.6 Å². The van der Waals surface area contributed by atoms with Gasteiger partial charge in [0.2, 0.25) is 5.78 Å². The highest BCUT2D eigenvalue weighted by Crippen LogP contribution is 2.23. The first kappa shape index (κ1) is 12.8. The van der Waals surface area contributed by atoms with Crippen molar-refractivity contribution in [1.82, 2.24) is 4.98 Å². The fourth-order valence-electron chi connectivity index (χ4n) is 1.88. The Morgan fingerprint density at radius 2 is 1.89 bits per heavy atom. The number of carbonyl (C=O) groups excluding carboxylic acids is 1. The number of hydrogen-bond donors (Lipinski definition) is 1. The number of carbonyl (C=O) groups is 1. The van der Waals surface area contributed by atoms with Crippen LogP contribution in [0.3, 0.4) is 0 Å². The summed E-state index contributed by atoms with van der Waals surface area (Å²) in [5.74, 6) is -1.04. The molecule has 0 unspecified atom stereocenters. The minimum atomic E-state index is -0.673. The van der Waals surface area contributed by atoms with E-state index >= 15 is 0 Å². The zero-order chi connectivity index (χ0) is 13.4. The average molecular weight is 266 g/mol. The average Bonchev–Trinajstić information content (AvgIpc) is 2.60. The molecule has 0 saturated carbocycles. The fourth-order valence-corrected chi connectivity index (χ4v) is 2.06. The Kier molecular flexibility index (Phi) is 3.26. The maximum atomic E-state index is 13.8. The van der Waals surface area contributed by atoms with E-state index in [1.807, 2.05) is 20.8 Å². The standard InChI is InChI=1S/C14H13ClFNO/c1-7-8(2)13(17-9(7)3)14(18)10-5-4-6-11(15)12(10)16/h4-6,17H,1-3H3. The van der Waals surface area contributed by atoms with E-state index in [1.54, 1.807) is 6.07 Å². The summed E-state index contributed by atoms with van der Waals surface area (Å²) >= 11 is 5.68. The monoisotopic (exact) mass is 265 g/mol. The Morgan fingerprint density at radius 1 is 1.22 bits per heavy atom. The largest absolute Gasteiger partial charge is 0.356 e. The fraction of sp³-hybridized carbons (Fsp3) is 0.214. The van der Waals surface area contributed by atoms with Crippen molar-refractivity contribution in [2.75, 3.05) is 0 Å². The second-order valence-electron chi connectivity index (χ2n) is 4.31. The number of halogens is 2. The molecule has 4 heteroatoms. The molecule has 0 saturated heterocycles. The highest BCUT2D eigenvalue weighted by molar-refractivity contribution is 6.31. The summed E-state index contributed by atoms with van der Waals surface area (Å²) in [6.45, 7) is 5.65. The third kappa shape index (κ3) is 1.95. The molecule has 0 atom stereocenters. The van der Waals surface area contributed by atoms with Crippen LogP contribution in [0.15, 0.2) is 18.2 Å². The van der Waals surface area contributed by atoms with Gasteiger partial charge in [-0.3, -0.25) is 4.79 Å². The lowest BCUT2D eigenvalue weighted by Crippen LogP contribution is -2.06. The van der Waals surface area contributed by atoms with Gasteiger partial charge in [0.1, 0.15) is 0 Å². The minimum absolute atomic E-state index is 0.00755. The van der Waals surface area contributed by atoms with Gasteiger partial charge < -0.3 is 4.98 Å². The molecule has 2 aromatic rings. The Balaban J connectivity index is 2.55. The Labute approximate surface area is 110 Å². The third-order valence-corrected chi connectivity index (χ3v) is 3.53. The molecule has 18 heavy (non-hydrogen) atoms. The highest BCUT2D eigenvalue weighted by Gasteiger charge is 2.20. The van der Waals surface area contributed by atoms with Crippen molar-refractivity contribution in [3.8, 4) is 0 Å². The van der Waals surface area contributed by atoms with Crippen molar-refractivity contribution < 1.29 is 9.18 Å². The zero-order valence-corrected chi connectivity index (χ0v) is 11.2. The summed E-state index contributed by atoms with van der Waals surface area (Å²) in [5, 5.41) is -0.0431. The molecule has 0 aliphatic heterocycles. The first-order chi connectivity index (χ1) is 8.43. The predicted molar refractivity (Wildman–Crippen MR) is 69.8 cm³/mol. The van der Waals surface area contributed by atoms with Crippen LogP contribution >= 0.6 is 11.6 Å². The van der Waals surface area contributed by atoms with Crippen LogP contribution in [0.1, 0.15) is 32.9 Å². The van der Waals surface area contributed by atoms with Crippen LogP contribution in [0.25, 0.3) is 0 Å². The van der Waals surface area contributed by atoms with E-state index < -0.39 is 5.82 Å². The number of aromatic nitrogens is 1. The van der Waals surface area contributed by atoms with Gasteiger partial charge in [-0.15, -0.1) is 0 Å². The van der Waals surface area contributed by atoms with E-state index in [2.05, 4.69) is 4.98 Å². The topological polar surface area (TPSA) is 32.9 Å². The number of rotatable bonds is 2. The predicted octanol–water partition coefficient (Wildman–Crippen LogP) is 3.96. The molecule has 0 bridgehead atoms. The minimum Gasteiger partial charge on any atom is -0.356 e. The second kappa shape index (κ2) is 4.58. The van der Waals surface area contributed by atoms with E-state index in [1.165, 1.54) is 12.1 Å². The summed E-state index contributed by atoms with van der Waals surface area (Å²) in [5.41, 5.74) is 3.19. The summed E-state index contributed by atoms with van der Waals surface area (Å²) < 4.78 is 13.8. The number of aromatic amines is 1. The van der Waals surface area contributed by atoms with Gasteiger partial charge in [0.05, 0.1) is 16.3 Å². The number of H-pyrrole nitrogens is 1. The molecule has 2 nitrogen and oxygen atoms in total. The molecular weight excluding hydrogens is 253 g/mol. The number of benzene rings is 1. The molecule has 1 N–H and O–H groups in total. The highest BCUT2D eigenvalue weighted by atomic mass is 35.5. The van der Waals surface area contributed by atoms with Crippen molar-refractivity contribution in [3.63, 3.8) is 0 Å².